The maximum absolute atomic E-state index is 13.0. The summed E-state index contributed by atoms with van der Waals surface area (Å²) in [5, 5.41) is 1.99. The van der Waals surface area contributed by atoms with Gasteiger partial charge < -0.3 is 0 Å². The van der Waals surface area contributed by atoms with E-state index in [9.17, 15) is 17.2 Å². The maximum Gasteiger partial charge on any atom is 0.240 e. The van der Waals surface area contributed by atoms with Gasteiger partial charge in [-0.2, -0.15) is 11.8 Å². The van der Waals surface area contributed by atoms with Crippen molar-refractivity contribution < 1.29 is 17.2 Å². The van der Waals surface area contributed by atoms with E-state index in [2.05, 4.69) is 4.72 Å². The Kier molecular flexibility index (Phi) is 5.74. The SMILES string of the molecule is O=S(=O)(NCCSCc1cccs1)c1ccc(F)c(F)c1. The van der Waals surface area contributed by atoms with Crippen LogP contribution in [0.4, 0.5) is 8.78 Å². The van der Waals surface area contributed by atoms with Gasteiger partial charge in [0, 0.05) is 22.9 Å². The first kappa shape index (κ1) is 16.4. The van der Waals surface area contributed by atoms with Crippen molar-refractivity contribution in [3.8, 4) is 0 Å². The number of hydrogen-bond acceptors (Lipinski definition) is 4. The van der Waals surface area contributed by atoms with E-state index >= 15 is 0 Å². The van der Waals surface area contributed by atoms with Crippen molar-refractivity contribution in [1.82, 2.24) is 4.72 Å². The molecule has 0 atom stereocenters. The number of halogens is 2. The van der Waals surface area contributed by atoms with E-state index < -0.39 is 21.7 Å². The molecule has 114 valence electrons. The number of nitrogens with one attached hydrogen (secondary N) is 1. The zero-order chi connectivity index (χ0) is 15.3. The van der Waals surface area contributed by atoms with Crippen LogP contribution in [0.1, 0.15) is 4.88 Å². The van der Waals surface area contributed by atoms with Gasteiger partial charge in [-0.3, -0.25) is 0 Å². The monoisotopic (exact) mass is 349 g/mol. The summed E-state index contributed by atoms with van der Waals surface area (Å²) in [6, 6.07) is 6.50. The zero-order valence-electron chi connectivity index (χ0n) is 10.9. The molecule has 1 N–H and O–H groups in total. The van der Waals surface area contributed by atoms with Gasteiger partial charge in [-0.1, -0.05) is 6.07 Å². The smallest absolute Gasteiger partial charge is 0.210 e. The predicted octanol–water partition coefficient (Wildman–Crippen LogP) is 3.24. The topological polar surface area (TPSA) is 46.2 Å². The minimum atomic E-state index is -3.80. The lowest BCUT2D eigenvalue weighted by molar-refractivity contribution is 0.504. The molecule has 2 aromatic rings. The fraction of sp³-hybridized carbons (Fsp3) is 0.231. The van der Waals surface area contributed by atoms with Crippen molar-refractivity contribution in [2.75, 3.05) is 12.3 Å². The number of benzene rings is 1. The summed E-state index contributed by atoms with van der Waals surface area (Å²) >= 11 is 3.25. The third kappa shape index (κ3) is 4.77. The number of sulfonamides is 1. The Bertz CT molecular complexity index is 687. The molecule has 0 saturated carbocycles. The molecule has 1 heterocycles. The Morgan fingerprint density at radius 1 is 1.19 bits per heavy atom. The van der Waals surface area contributed by atoms with Gasteiger partial charge in [0.1, 0.15) is 0 Å². The summed E-state index contributed by atoms with van der Waals surface area (Å²) in [4.78, 5) is 0.952. The van der Waals surface area contributed by atoms with E-state index in [4.69, 9.17) is 0 Å². The average Bonchev–Trinajstić information content (AvgIpc) is 2.94. The molecular weight excluding hydrogens is 336 g/mol. The van der Waals surface area contributed by atoms with Crippen molar-refractivity contribution in [2.45, 2.75) is 10.6 Å². The first-order valence-corrected chi connectivity index (χ1v) is 9.55. The Morgan fingerprint density at radius 3 is 2.67 bits per heavy atom. The second-order valence-corrected chi connectivity index (χ2v) is 8.01. The Labute approximate surface area is 130 Å². The molecule has 0 saturated heterocycles. The molecule has 0 bridgehead atoms. The van der Waals surface area contributed by atoms with Crippen molar-refractivity contribution in [2.24, 2.45) is 0 Å². The van der Waals surface area contributed by atoms with Crippen LogP contribution in [0.5, 0.6) is 0 Å². The quantitative estimate of drug-likeness (QED) is 0.781. The van der Waals surface area contributed by atoms with Gasteiger partial charge in [0.15, 0.2) is 11.6 Å². The molecule has 0 aliphatic heterocycles. The summed E-state index contributed by atoms with van der Waals surface area (Å²) in [6.07, 6.45) is 0. The van der Waals surface area contributed by atoms with Gasteiger partial charge in [-0.15, -0.1) is 11.3 Å². The van der Waals surface area contributed by atoms with E-state index in [1.165, 1.54) is 4.88 Å². The molecule has 0 aliphatic rings. The van der Waals surface area contributed by atoms with Crippen LogP contribution in [0.25, 0.3) is 0 Å². The van der Waals surface area contributed by atoms with Gasteiger partial charge in [-0.05, 0) is 29.6 Å². The predicted molar refractivity (Wildman–Crippen MR) is 82.0 cm³/mol. The Morgan fingerprint density at radius 2 is 2.00 bits per heavy atom. The second kappa shape index (κ2) is 7.35. The first-order valence-electron chi connectivity index (χ1n) is 6.04. The van der Waals surface area contributed by atoms with Crippen molar-refractivity contribution in [3.05, 3.63) is 52.2 Å². The number of thiophene rings is 1. The number of hydrogen-bond donors (Lipinski definition) is 1. The highest BCUT2D eigenvalue weighted by Gasteiger charge is 2.15. The molecule has 2 rings (SSSR count). The van der Waals surface area contributed by atoms with Gasteiger partial charge in [0.05, 0.1) is 4.90 Å². The zero-order valence-corrected chi connectivity index (χ0v) is 13.3. The number of thioether (sulfide) groups is 1. The molecular formula is C13H13F2NO2S3. The molecule has 0 amide bonds. The molecule has 0 fully saturated rings. The van der Waals surface area contributed by atoms with Crippen LogP contribution in [-0.4, -0.2) is 20.7 Å². The third-order valence-corrected chi connectivity index (χ3v) is 6.09. The third-order valence-electron chi connectivity index (χ3n) is 2.56. The normalized spacial score (nSPS) is 11.7. The highest BCUT2D eigenvalue weighted by molar-refractivity contribution is 7.98. The molecule has 0 unspecified atom stereocenters. The van der Waals surface area contributed by atoms with Crippen LogP contribution in [0.15, 0.2) is 40.6 Å². The van der Waals surface area contributed by atoms with Gasteiger partial charge in [-0.25, -0.2) is 21.9 Å². The van der Waals surface area contributed by atoms with Crippen molar-refractivity contribution in [3.63, 3.8) is 0 Å². The fourth-order valence-corrected chi connectivity index (χ4v) is 4.41. The Balaban J connectivity index is 1.82. The molecule has 1 aromatic heterocycles. The van der Waals surface area contributed by atoms with Crippen LogP contribution in [0.3, 0.4) is 0 Å². The summed E-state index contributed by atoms with van der Waals surface area (Å²) in [6.45, 7) is 0.234. The van der Waals surface area contributed by atoms with Crippen LogP contribution in [-0.2, 0) is 15.8 Å². The average molecular weight is 349 g/mol. The minimum absolute atomic E-state index is 0.234. The van der Waals surface area contributed by atoms with E-state index in [0.717, 1.165) is 17.9 Å². The molecule has 0 aliphatic carbocycles. The van der Waals surface area contributed by atoms with E-state index in [-0.39, 0.29) is 11.4 Å². The lowest BCUT2D eigenvalue weighted by Crippen LogP contribution is -2.26. The van der Waals surface area contributed by atoms with Crippen LogP contribution in [0, 0.1) is 11.6 Å². The summed E-state index contributed by atoms with van der Waals surface area (Å²) in [5.41, 5.74) is 0. The molecule has 3 nitrogen and oxygen atoms in total. The van der Waals surface area contributed by atoms with Crippen LogP contribution >= 0.6 is 23.1 Å². The maximum atomic E-state index is 13.0. The van der Waals surface area contributed by atoms with E-state index in [0.29, 0.717) is 11.8 Å². The van der Waals surface area contributed by atoms with Crippen LogP contribution in [0.2, 0.25) is 0 Å². The van der Waals surface area contributed by atoms with Gasteiger partial charge in [0.25, 0.3) is 0 Å². The largest absolute Gasteiger partial charge is 0.240 e. The Hall–Kier alpha value is -0.960. The number of rotatable bonds is 7. The van der Waals surface area contributed by atoms with E-state index in [1.54, 1.807) is 23.1 Å². The van der Waals surface area contributed by atoms with Gasteiger partial charge >= 0.3 is 0 Å². The highest BCUT2D eigenvalue weighted by atomic mass is 32.2. The minimum Gasteiger partial charge on any atom is -0.210 e. The highest BCUT2D eigenvalue weighted by Crippen LogP contribution is 2.17. The van der Waals surface area contributed by atoms with Crippen molar-refractivity contribution >= 4 is 33.1 Å². The van der Waals surface area contributed by atoms with Gasteiger partial charge in [0.2, 0.25) is 10.0 Å². The second-order valence-electron chi connectivity index (χ2n) is 4.11. The summed E-state index contributed by atoms with van der Waals surface area (Å²) in [7, 11) is -3.80. The molecule has 8 heteroatoms. The molecule has 0 spiro atoms. The fourth-order valence-electron chi connectivity index (χ4n) is 1.54. The van der Waals surface area contributed by atoms with Crippen molar-refractivity contribution in [1.29, 1.82) is 0 Å². The summed E-state index contributed by atoms with van der Waals surface area (Å²) in [5.74, 6) is -0.823. The molecule has 1 aromatic carbocycles. The first-order chi connectivity index (χ1) is 9.99. The summed E-state index contributed by atoms with van der Waals surface area (Å²) < 4.78 is 51.9. The van der Waals surface area contributed by atoms with Crippen LogP contribution < -0.4 is 4.72 Å². The van der Waals surface area contributed by atoms with E-state index in [1.807, 2.05) is 17.5 Å². The lowest BCUT2D eigenvalue weighted by atomic mass is 10.3. The lowest BCUT2D eigenvalue weighted by Gasteiger charge is -2.06. The molecule has 0 radical (unpaired) electrons. The standard InChI is InChI=1S/C13H13F2NO2S3/c14-12-4-3-11(8-13(12)15)21(17,18)16-5-7-19-9-10-2-1-6-20-10/h1-4,6,8,16H,5,7,9H2. The molecule has 21 heavy (non-hydrogen) atoms.